The van der Waals surface area contributed by atoms with Crippen LogP contribution < -0.4 is 14.4 Å². The Kier molecular flexibility index (Phi) is 8.24. The third kappa shape index (κ3) is 6.26. The lowest BCUT2D eigenvalue weighted by atomic mass is 9.86. The number of carbonyl (C=O) groups excluding carboxylic acids is 2. The van der Waals surface area contributed by atoms with Gasteiger partial charge in [-0.05, 0) is 52.3 Å². The Morgan fingerprint density at radius 3 is 2.44 bits per heavy atom. The van der Waals surface area contributed by atoms with E-state index in [0.29, 0.717) is 20.4 Å². The second-order valence-corrected chi connectivity index (χ2v) is 12.5. The Morgan fingerprint density at radius 2 is 1.90 bits per heavy atom. The van der Waals surface area contributed by atoms with E-state index >= 15 is 0 Å². The van der Waals surface area contributed by atoms with Gasteiger partial charge in [-0.3, -0.25) is 14.3 Å². The Hall–Kier alpha value is -3.00. The van der Waals surface area contributed by atoms with Crippen molar-refractivity contribution in [1.29, 1.82) is 0 Å². The number of carbonyl (C=O) groups is 2. The van der Waals surface area contributed by atoms with Crippen LogP contribution in [0.15, 0.2) is 29.3 Å². The van der Waals surface area contributed by atoms with Crippen LogP contribution in [0.3, 0.4) is 0 Å². The number of aryl methyl sites for hydroxylation is 1. The predicted octanol–water partition coefficient (Wildman–Crippen LogP) is 5.41. The maximum atomic E-state index is 13.9. The number of aldehydes is 1. The summed E-state index contributed by atoms with van der Waals surface area (Å²) in [5.74, 6) is 0.108. The first-order valence-electron chi connectivity index (χ1n) is 11.9. The Balaban J connectivity index is 2.07. The van der Waals surface area contributed by atoms with E-state index in [1.54, 1.807) is 27.7 Å². The molecule has 2 atom stereocenters. The molecule has 0 aliphatic carbocycles. The molecular formula is C24H30ClF3N4O6S. The molecule has 2 heterocycles. The van der Waals surface area contributed by atoms with E-state index in [0.717, 1.165) is 10.6 Å². The lowest BCUT2D eigenvalue weighted by Crippen LogP contribution is -2.52. The van der Waals surface area contributed by atoms with Crippen molar-refractivity contribution in [3.63, 3.8) is 0 Å². The van der Waals surface area contributed by atoms with Crippen LogP contribution >= 0.6 is 11.6 Å². The summed E-state index contributed by atoms with van der Waals surface area (Å²) in [6.45, 7) is 8.46. The molecular weight excluding hydrogens is 565 g/mol. The minimum Gasteiger partial charge on any atom is -0.486 e. The smallest absolute Gasteiger partial charge is 0.427 e. The van der Waals surface area contributed by atoms with Crippen LogP contribution in [0.4, 0.5) is 29.3 Å². The molecule has 1 aliphatic rings. The molecule has 1 aliphatic heterocycles. The fourth-order valence-electron chi connectivity index (χ4n) is 3.88. The number of hydrogen-bond acceptors (Lipinski definition) is 7. The molecule has 0 spiro atoms. The van der Waals surface area contributed by atoms with Crippen molar-refractivity contribution in [3.8, 4) is 5.75 Å². The van der Waals surface area contributed by atoms with Gasteiger partial charge in [-0.25, -0.2) is 13.2 Å². The van der Waals surface area contributed by atoms with Gasteiger partial charge in [-0.2, -0.15) is 18.3 Å². The van der Waals surface area contributed by atoms with Gasteiger partial charge >= 0.3 is 12.3 Å². The average Bonchev–Trinajstić information content (AvgIpc) is 3.20. The largest absolute Gasteiger partial charge is 0.486 e. The minimum absolute atomic E-state index is 0.00384. The van der Waals surface area contributed by atoms with Crippen LogP contribution in [-0.2, 0) is 26.1 Å². The molecule has 0 unspecified atom stereocenters. The van der Waals surface area contributed by atoms with E-state index in [4.69, 9.17) is 16.3 Å². The molecule has 0 radical (unpaired) electrons. The first-order chi connectivity index (χ1) is 17.8. The summed E-state index contributed by atoms with van der Waals surface area (Å²) >= 11 is 6.19. The molecule has 1 N–H and O–H groups in total. The maximum Gasteiger partial charge on any atom is 0.427 e. The quantitative estimate of drug-likeness (QED) is 0.406. The minimum atomic E-state index is -4.82. The van der Waals surface area contributed by atoms with Gasteiger partial charge in [0.15, 0.2) is 5.15 Å². The highest BCUT2D eigenvalue weighted by Gasteiger charge is 2.51. The van der Waals surface area contributed by atoms with Crippen LogP contribution in [0.5, 0.6) is 5.75 Å². The number of sulfonamides is 1. The zero-order valence-corrected chi connectivity index (χ0v) is 23.7. The molecule has 2 aromatic rings. The van der Waals surface area contributed by atoms with Crippen molar-refractivity contribution in [2.24, 2.45) is 5.41 Å². The number of fused-ring (bicyclic) bond motifs is 1. The first kappa shape index (κ1) is 30.5. The summed E-state index contributed by atoms with van der Waals surface area (Å²) in [7, 11) is -4.38. The number of benzene rings is 1. The summed E-state index contributed by atoms with van der Waals surface area (Å²) < 4.78 is 80.4. The number of amides is 1. The number of ether oxygens (including phenoxy) is 2. The molecule has 10 nitrogen and oxygen atoms in total. The molecule has 15 heteroatoms. The SMILES string of the molecule is CCn1cc(S(=O)(=O)N2c3cc(NC(=O)OC(C)(C)C(F)(F)F)ccc3O[C@H](CC(C)(C)C=O)[C@H]2C)c(Cl)n1. The van der Waals surface area contributed by atoms with Gasteiger partial charge in [-0.1, -0.05) is 25.4 Å². The number of anilines is 2. The first-order valence-corrected chi connectivity index (χ1v) is 13.8. The van der Waals surface area contributed by atoms with E-state index in [1.165, 1.54) is 29.1 Å². The zero-order chi connectivity index (χ0) is 29.6. The van der Waals surface area contributed by atoms with E-state index < -0.39 is 45.5 Å². The molecule has 0 fully saturated rings. The normalized spacial score (nSPS) is 18.3. The lowest BCUT2D eigenvalue weighted by Gasteiger charge is -2.42. The van der Waals surface area contributed by atoms with Crippen molar-refractivity contribution < 1.29 is 40.7 Å². The maximum absolute atomic E-state index is 13.9. The van der Waals surface area contributed by atoms with E-state index in [9.17, 15) is 31.2 Å². The van der Waals surface area contributed by atoms with Crippen LogP contribution in [0, 0.1) is 5.41 Å². The molecule has 39 heavy (non-hydrogen) atoms. The topological polar surface area (TPSA) is 120 Å². The number of alkyl halides is 3. The average molecular weight is 595 g/mol. The van der Waals surface area contributed by atoms with Crippen LogP contribution in [0.25, 0.3) is 0 Å². The number of rotatable bonds is 8. The van der Waals surface area contributed by atoms with E-state index in [1.807, 2.05) is 0 Å². The second-order valence-electron chi connectivity index (χ2n) is 10.4. The molecule has 0 bridgehead atoms. The van der Waals surface area contributed by atoms with Gasteiger partial charge in [-0.15, -0.1) is 0 Å². The summed E-state index contributed by atoms with van der Waals surface area (Å²) in [6.07, 6.45) is -4.77. The third-order valence-corrected chi connectivity index (χ3v) is 8.55. The standard InChI is InChI=1S/C24H30ClF3N4O6S/c1-7-31-12-19(20(25)30-31)39(35,36)32-14(2)18(11-22(3,4)13-33)37-17-9-8-15(10-16(17)32)29-21(34)38-23(5,6)24(26,27)28/h8-10,12-14,18H,7,11H2,1-6H3,(H,29,34)/t14-,18-/m1/s1. The van der Waals surface area contributed by atoms with Crippen molar-refractivity contribution in [1.82, 2.24) is 9.78 Å². The molecule has 1 amide bonds. The molecule has 0 saturated carbocycles. The summed E-state index contributed by atoms with van der Waals surface area (Å²) in [6, 6.07) is 3.07. The number of halogens is 4. The highest BCUT2D eigenvalue weighted by atomic mass is 35.5. The van der Waals surface area contributed by atoms with Crippen molar-refractivity contribution >= 4 is 45.4 Å². The molecule has 1 aromatic carbocycles. The number of hydrogen-bond donors (Lipinski definition) is 1. The van der Waals surface area contributed by atoms with Gasteiger partial charge in [0, 0.05) is 23.8 Å². The lowest BCUT2D eigenvalue weighted by molar-refractivity contribution is -0.242. The fraction of sp³-hybridized carbons (Fsp3) is 0.542. The van der Waals surface area contributed by atoms with Gasteiger partial charge in [0.2, 0.25) is 5.60 Å². The number of nitrogens with one attached hydrogen (secondary N) is 1. The van der Waals surface area contributed by atoms with Gasteiger partial charge in [0.25, 0.3) is 10.0 Å². The summed E-state index contributed by atoms with van der Waals surface area (Å²) in [5, 5.41) is 5.95. The molecule has 3 rings (SSSR count). The highest BCUT2D eigenvalue weighted by Crippen LogP contribution is 2.44. The Labute approximate surface area is 229 Å². The third-order valence-electron chi connectivity index (χ3n) is 6.25. The Bertz CT molecular complexity index is 1360. The van der Waals surface area contributed by atoms with Crippen LogP contribution in [0.1, 0.15) is 48.0 Å². The number of aromatic nitrogens is 2. The molecule has 0 saturated heterocycles. The highest BCUT2D eigenvalue weighted by molar-refractivity contribution is 7.93. The van der Waals surface area contributed by atoms with Crippen LogP contribution in [-0.4, -0.2) is 54.5 Å². The fourth-order valence-corrected chi connectivity index (χ4v) is 6.01. The van der Waals surface area contributed by atoms with Gasteiger partial charge in [0.1, 0.15) is 23.0 Å². The van der Waals surface area contributed by atoms with E-state index in [-0.39, 0.29) is 33.6 Å². The second kappa shape index (κ2) is 10.5. The van der Waals surface area contributed by atoms with Crippen molar-refractivity contribution in [2.45, 2.75) is 83.3 Å². The molecule has 1 aromatic heterocycles. The number of nitrogens with zero attached hydrogens (tertiary/aromatic N) is 3. The zero-order valence-electron chi connectivity index (χ0n) is 22.2. The van der Waals surface area contributed by atoms with Gasteiger partial charge < -0.3 is 14.3 Å². The Morgan fingerprint density at radius 1 is 1.26 bits per heavy atom. The van der Waals surface area contributed by atoms with E-state index in [2.05, 4.69) is 15.2 Å². The summed E-state index contributed by atoms with van der Waals surface area (Å²) in [5.41, 5.74) is -3.66. The predicted molar refractivity (Wildman–Crippen MR) is 138 cm³/mol. The van der Waals surface area contributed by atoms with Crippen molar-refractivity contribution in [2.75, 3.05) is 9.62 Å². The van der Waals surface area contributed by atoms with Crippen LogP contribution in [0.2, 0.25) is 5.15 Å². The monoisotopic (exact) mass is 594 g/mol. The molecule has 216 valence electrons. The summed E-state index contributed by atoms with van der Waals surface area (Å²) in [4.78, 5) is 23.6. The van der Waals surface area contributed by atoms with Gasteiger partial charge in [0.05, 0.1) is 11.7 Å². The van der Waals surface area contributed by atoms with Crippen molar-refractivity contribution in [3.05, 3.63) is 29.5 Å².